The lowest BCUT2D eigenvalue weighted by atomic mass is 9.93. The first-order chi connectivity index (χ1) is 10.4. The monoisotopic (exact) mass is 324 g/mol. The smallest absolute Gasteiger partial charge is 0.242 e. The minimum atomic E-state index is -0.336. The number of hydrogen-bond donors (Lipinski definition) is 1. The Bertz CT molecular complexity index is 549. The van der Waals surface area contributed by atoms with Crippen LogP contribution < -0.4 is 10.6 Å². The van der Waals surface area contributed by atoms with E-state index >= 15 is 0 Å². The van der Waals surface area contributed by atoms with Crippen molar-refractivity contribution < 1.29 is 9.59 Å². The molecule has 0 aliphatic carbocycles. The summed E-state index contributed by atoms with van der Waals surface area (Å²) in [6.07, 6.45) is 3.08. The Morgan fingerprint density at radius 1 is 1.45 bits per heavy atom. The minimum absolute atomic E-state index is 0.0299. The quantitative estimate of drug-likeness (QED) is 0.905. The Morgan fingerprint density at radius 3 is 2.77 bits per heavy atom. The zero-order chi connectivity index (χ0) is 16.3. The number of rotatable bonds is 4. The molecule has 1 aromatic heterocycles. The molecule has 0 bridgehead atoms. The summed E-state index contributed by atoms with van der Waals surface area (Å²) in [7, 11) is 1.80. The van der Waals surface area contributed by atoms with Gasteiger partial charge >= 0.3 is 0 Å². The molecule has 120 valence electrons. The van der Waals surface area contributed by atoms with E-state index in [2.05, 4.69) is 4.98 Å². The van der Waals surface area contributed by atoms with E-state index in [0.717, 1.165) is 12.8 Å². The third kappa shape index (κ3) is 3.88. The van der Waals surface area contributed by atoms with Crippen LogP contribution in [0.1, 0.15) is 19.8 Å². The number of nitrogens with two attached hydrogens (primary N) is 1. The summed E-state index contributed by atoms with van der Waals surface area (Å²) in [4.78, 5) is 31.6. The fraction of sp³-hybridized carbons (Fsp3) is 0.533. The van der Waals surface area contributed by atoms with Crippen LogP contribution in [0.2, 0.25) is 5.02 Å². The Balaban J connectivity index is 2.00. The maximum Gasteiger partial charge on any atom is 0.242 e. The lowest BCUT2D eigenvalue weighted by Crippen LogP contribution is -2.51. The average molecular weight is 325 g/mol. The number of carbonyl (C=O) groups is 2. The molecule has 2 unspecified atom stereocenters. The number of carbonyl (C=O) groups excluding carboxylic acids is 2. The SMILES string of the molecule is CC1CCC(C(N)=O)CN1C(=O)CN(C)c1ccc(Cl)cn1. The van der Waals surface area contributed by atoms with Gasteiger partial charge in [0.25, 0.3) is 0 Å². The molecule has 0 saturated carbocycles. The minimum Gasteiger partial charge on any atom is -0.369 e. The Kier molecular flexibility index (Phi) is 5.24. The van der Waals surface area contributed by atoms with E-state index in [1.54, 1.807) is 35.2 Å². The number of likely N-dealkylation sites (tertiary alicyclic amines) is 1. The number of anilines is 1. The number of hydrogen-bond acceptors (Lipinski definition) is 4. The van der Waals surface area contributed by atoms with Crippen LogP contribution in [0, 0.1) is 5.92 Å². The highest BCUT2D eigenvalue weighted by Gasteiger charge is 2.31. The summed E-state index contributed by atoms with van der Waals surface area (Å²) in [6.45, 7) is 2.59. The van der Waals surface area contributed by atoms with Gasteiger partial charge in [0, 0.05) is 25.8 Å². The fourth-order valence-corrected chi connectivity index (χ4v) is 2.77. The van der Waals surface area contributed by atoms with Gasteiger partial charge < -0.3 is 15.5 Å². The summed E-state index contributed by atoms with van der Waals surface area (Å²) in [5.41, 5.74) is 5.37. The molecule has 2 amide bonds. The molecule has 7 heteroatoms. The number of primary amides is 1. The van der Waals surface area contributed by atoms with Gasteiger partial charge in [-0.2, -0.15) is 0 Å². The van der Waals surface area contributed by atoms with Crippen molar-refractivity contribution in [3.8, 4) is 0 Å². The Labute approximate surface area is 135 Å². The molecule has 2 heterocycles. The maximum absolute atomic E-state index is 12.5. The van der Waals surface area contributed by atoms with Gasteiger partial charge in [0.15, 0.2) is 0 Å². The van der Waals surface area contributed by atoms with Crippen LogP contribution in [0.5, 0.6) is 0 Å². The first kappa shape index (κ1) is 16.5. The van der Waals surface area contributed by atoms with E-state index in [1.165, 1.54) is 0 Å². The zero-order valence-corrected chi connectivity index (χ0v) is 13.6. The van der Waals surface area contributed by atoms with Crippen molar-refractivity contribution in [2.24, 2.45) is 11.7 Å². The lowest BCUT2D eigenvalue weighted by molar-refractivity contribution is -0.136. The van der Waals surface area contributed by atoms with Crippen LogP contribution in [0.25, 0.3) is 0 Å². The number of halogens is 1. The predicted octanol–water partition coefficient (Wildman–Crippen LogP) is 1.28. The predicted molar refractivity (Wildman–Crippen MR) is 85.6 cm³/mol. The number of piperidine rings is 1. The molecule has 1 aromatic rings. The Morgan fingerprint density at radius 2 is 2.18 bits per heavy atom. The van der Waals surface area contributed by atoms with Crippen LogP contribution in [0.15, 0.2) is 18.3 Å². The van der Waals surface area contributed by atoms with Gasteiger partial charge in [-0.1, -0.05) is 11.6 Å². The summed E-state index contributed by atoms with van der Waals surface area (Å²) >= 11 is 5.81. The maximum atomic E-state index is 12.5. The standard InChI is InChI=1S/C15H21ClN4O2/c1-10-3-4-11(15(17)22)8-20(10)14(21)9-19(2)13-6-5-12(16)7-18-13/h5-7,10-11H,3-4,8-9H2,1-2H3,(H2,17,22). The summed E-state index contributed by atoms with van der Waals surface area (Å²) < 4.78 is 0. The van der Waals surface area contributed by atoms with Crippen LogP contribution in [0.3, 0.4) is 0 Å². The number of likely N-dealkylation sites (N-methyl/N-ethyl adjacent to an activating group) is 1. The highest BCUT2D eigenvalue weighted by atomic mass is 35.5. The second kappa shape index (κ2) is 6.96. The molecule has 0 radical (unpaired) electrons. The highest BCUT2D eigenvalue weighted by Crippen LogP contribution is 2.22. The highest BCUT2D eigenvalue weighted by molar-refractivity contribution is 6.30. The van der Waals surface area contributed by atoms with Crippen LogP contribution >= 0.6 is 11.6 Å². The molecule has 0 spiro atoms. The molecule has 1 aliphatic rings. The molecule has 0 aromatic carbocycles. The first-order valence-electron chi connectivity index (χ1n) is 7.30. The van der Waals surface area contributed by atoms with Crippen LogP contribution in [0.4, 0.5) is 5.82 Å². The van der Waals surface area contributed by atoms with Crippen molar-refractivity contribution in [3.05, 3.63) is 23.4 Å². The van der Waals surface area contributed by atoms with Crippen molar-refractivity contribution >= 4 is 29.2 Å². The van der Waals surface area contributed by atoms with Gasteiger partial charge in [-0.05, 0) is 31.9 Å². The molecule has 2 rings (SSSR count). The van der Waals surface area contributed by atoms with Crippen LogP contribution in [-0.2, 0) is 9.59 Å². The third-order valence-corrected chi connectivity index (χ3v) is 4.30. The van der Waals surface area contributed by atoms with Crippen molar-refractivity contribution in [3.63, 3.8) is 0 Å². The largest absolute Gasteiger partial charge is 0.369 e. The van der Waals surface area contributed by atoms with Gasteiger partial charge in [0.2, 0.25) is 11.8 Å². The van der Waals surface area contributed by atoms with Gasteiger partial charge in [-0.25, -0.2) is 4.98 Å². The summed E-state index contributed by atoms with van der Waals surface area (Å²) in [5, 5.41) is 0.553. The van der Waals surface area contributed by atoms with Gasteiger partial charge in [-0.15, -0.1) is 0 Å². The summed E-state index contributed by atoms with van der Waals surface area (Å²) in [6, 6.07) is 3.62. The van der Waals surface area contributed by atoms with Crippen molar-refractivity contribution in [1.82, 2.24) is 9.88 Å². The van der Waals surface area contributed by atoms with E-state index in [9.17, 15) is 9.59 Å². The third-order valence-electron chi connectivity index (χ3n) is 4.08. The molecular weight excluding hydrogens is 304 g/mol. The fourth-order valence-electron chi connectivity index (χ4n) is 2.66. The molecule has 6 nitrogen and oxygen atoms in total. The van der Waals surface area contributed by atoms with Crippen molar-refractivity contribution in [1.29, 1.82) is 0 Å². The normalized spacial score (nSPS) is 21.5. The molecule has 2 N–H and O–H groups in total. The molecule has 1 aliphatic heterocycles. The van der Waals surface area contributed by atoms with E-state index in [-0.39, 0.29) is 30.3 Å². The van der Waals surface area contributed by atoms with Crippen molar-refractivity contribution in [2.45, 2.75) is 25.8 Å². The molecule has 2 atom stereocenters. The molecule has 22 heavy (non-hydrogen) atoms. The first-order valence-corrected chi connectivity index (χ1v) is 7.67. The van der Waals surface area contributed by atoms with E-state index in [4.69, 9.17) is 17.3 Å². The number of aromatic nitrogens is 1. The lowest BCUT2D eigenvalue weighted by Gasteiger charge is -2.37. The summed E-state index contributed by atoms with van der Waals surface area (Å²) in [5.74, 6) is 0.0584. The van der Waals surface area contributed by atoms with E-state index in [1.807, 2.05) is 6.92 Å². The van der Waals surface area contributed by atoms with Gasteiger partial charge in [0.05, 0.1) is 17.5 Å². The topological polar surface area (TPSA) is 79.5 Å². The number of pyridine rings is 1. The Hall–Kier alpha value is -1.82. The number of amides is 2. The van der Waals surface area contributed by atoms with Gasteiger partial charge in [0.1, 0.15) is 5.82 Å². The second-order valence-electron chi connectivity index (χ2n) is 5.76. The van der Waals surface area contributed by atoms with Gasteiger partial charge in [-0.3, -0.25) is 9.59 Å². The molecule has 1 saturated heterocycles. The zero-order valence-electron chi connectivity index (χ0n) is 12.8. The van der Waals surface area contributed by atoms with Crippen LogP contribution in [-0.4, -0.2) is 47.9 Å². The number of nitrogens with zero attached hydrogens (tertiary/aromatic N) is 3. The molecule has 1 fully saturated rings. The van der Waals surface area contributed by atoms with E-state index < -0.39 is 0 Å². The van der Waals surface area contributed by atoms with E-state index in [0.29, 0.717) is 17.4 Å². The van der Waals surface area contributed by atoms with Crippen molar-refractivity contribution in [2.75, 3.05) is 25.0 Å². The molecular formula is C15H21ClN4O2. The average Bonchev–Trinajstić information content (AvgIpc) is 2.47. The second-order valence-corrected chi connectivity index (χ2v) is 6.20.